The molecular weight excluding hydrogens is 460 g/mol. The van der Waals surface area contributed by atoms with Crippen LogP contribution in [0.25, 0.3) is 0 Å². The van der Waals surface area contributed by atoms with Crippen LogP contribution in [0.5, 0.6) is 0 Å². The van der Waals surface area contributed by atoms with Crippen LogP contribution in [0.4, 0.5) is 0 Å². The molecule has 5 rings (SSSR count). The Morgan fingerprint density at radius 1 is 1.08 bits per heavy atom. The van der Waals surface area contributed by atoms with Crippen LogP contribution in [0.3, 0.4) is 0 Å². The summed E-state index contributed by atoms with van der Waals surface area (Å²) >= 11 is 0. The monoisotopic (exact) mass is 506 g/mol. The molecule has 2 aromatic rings. The maximum absolute atomic E-state index is 11.8. The first-order chi connectivity index (χ1) is 18.0. The summed E-state index contributed by atoms with van der Waals surface area (Å²) < 4.78 is 2.24. The van der Waals surface area contributed by atoms with Gasteiger partial charge in [0.2, 0.25) is 0 Å². The molecule has 1 aromatic heterocycles. The number of aryl methyl sites for hydroxylation is 2. The average Bonchev–Trinajstić information content (AvgIpc) is 3.48. The fourth-order valence-corrected chi connectivity index (χ4v) is 6.83. The second kappa shape index (κ2) is 12.1. The molecule has 0 bridgehead atoms. The molecule has 37 heavy (non-hydrogen) atoms. The standard InChI is InChI=1S/C31H46N4O2/c1-3-35-30(20-28(33-35)17-24-9-7-22(2)8-10-24)26-13-15-34(16-14-26)21-25-11-12-27(18-25)32-29(31(36)37)19-23-5-4-6-23/h7-10,20,23,25-27,29,32H,3-6,11-19,21H2,1-2H3,(H,36,37). The number of rotatable bonds is 11. The predicted molar refractivity (Wildman–Crippen MR) is 148 cm³/mol. The number of carbonyl (C=O) groups is 1. The fourth-order valence-electron chi connectivity index (χ4n) is 6.83. The van der Waals surface area contributed by atoms with Crippen molar-refractivity contribution in [1.82, 2.24) is 20.0 Å². The minimum absolute atomic E-state index is 0.357. The summed E-state index contributed by atoms with van der Waals surface area (Å²) in [6.45, 7) is 8.73. The number of carboxylic acid groups (broad SMARTS) is 1. The third kappa shape index (κ3) is 6.83. The lowest BCUT2D eigenvalue weighted by Crippen LogP contribution is -2.44. The van der Waals surface area contributed by atoms with E-state index < -0.39 is 5.97 Å². The van der Waals surface area contributed by atoms with E-state index in [0.29, 0.717) is 23.8 Å². The highest BCUT2D eigenvalue weighted by atomic mass is 16.4. The van der Waals surface area contributed by atoms with E-state index in [1.54, 1.807) is 0 Å². The quantitative estimate of drug-likeness (QED) is 0.428. The van der Waals surface area contributed by atoms with Gasteiger partial charge < -0.3 is 15.3 Å². The molecule has 3 fully saturated rings. The van der Waals surface area contributed by atoms with Gasteiger partial charge in [-0.25, -0.2) is 0 Å². The summed E-state index contributed by atoms with van der Waals surface area (Å²) in [5.74, 6) is 1.24. The van der Waals surface area contributed by atoms with E-state index in [9.17, 15) is 9.90 Å². The Bertz CT molecular complexity index is 1020. The van der Waals surface area contributed by atoms with Crippen LogP contribution in [0, 0.1) is 18.8 Å². The number of hydrogen-bond acceptors (Lipinski definition) is 4. The highest BCUT2D eigenvalue weighted by molar-refractivity contribution is 5.73. The zero-order chi connectivity index (χ0) is 25.8. The molecule has 0 spiro atoms. The average molecular weight is 507 g/mol. The predicted octanol–water partition coefficient (Wildman–Crippen LogP) is 5.38. The Balaban J connectivity index is 1.09. The van der Waals surface area contributed by atoms with Gasteiger partial charge in [0.25, 0.3) is 0 Å². The molecule has 1 saturated heterocycles. The molecule has 2 saturated carbocycles. The van der Waals surface area contributed by atoms with Crippen molar-refractivity contribution in [2.45, 2.75) is 103 Å². The van der Waals surface area contributed by atoms with Gasteiger partial charge in [-0.2, -0.15) is 5.10 Å². The van der Waals surface area contributed by atoms with E-state index in [1.165, 1.54) is 61.0 Å². The number of hydrogen-bond donors (Lipinski definition) is 2. The molecule has 2 aliphatic carbocycles. The maximum Gasteiger partial charge on any atom is 0.320 e. The fraction of sp³-hybridized carbons (Fsp3) is 0.677. The summed E-state index contributed by atoms with van der Waals surface area (Å²) in [5, 5.41) is 18.2. The number of nitrogens with one attached hydrogen (secondary N) is 1. The van der Waals surface area contributed by atoms with E-state index in [2.05, 4.69) is 59.1 Å². The van der Waals surface area contributed by atoms with E-state index in [1.807, 2.05) is 0 Å². The van der Waals surface area contributed by atoms with Crippen LogP contribution in [0.2, 0.25) is 0 Å². The maximum atomic E-state index is 11.8. The minimum Gasteiger partial charge on any atom is -0.480 e. The lowest BCUT2D eigenvalue weighted by Gasteiger charge is -2.34. The van der Waals surface area contributed by atoms with Crippen molar-refractivity contribution < 1.29 is 9.90 Å². The van der Waals surface area contributed by atoms with Gasteiger partial charge in [0, 0.05) is 37.2 Å². The molecule has 202 valence electrons. The lowest BCUT2D eigenvalue weighted by atomic mass is 9.80. The summed E-state index contributed by atoms with van der Waals surface area (Å²) in [4.78, 5) is 14.4. The zero-order valence-corrected chi connectivity index (χ0v) is 22.9. The third-order valence-corrected chi connectivity index (χ3v) is 9.26. The van der Waals surface area contributed by atoms with Crippen molar-refractivity contribution in [1.29, 1.82) is 0 Å². The molecule has 1 aliphatic heterocycles. The van der Waals surface area contributed by atoms with Gasteiger partial charge in [-0.15, -0.1) is 0 Å². The van der Waals surface area contributed by atoms with Crippen LogP contribution in [0.15, 0.2) is 30.3 Å². The molecule has 6 heteroatoms. The smallest absolute Gasteiger partial charge is 0.320 e. The Morgan fingerprint density at radius 3 is 2.49 bits per heavy atom. The van der Waals surface area contributed by atoms with E-state index in [4.69, 9.17) is 5.10 Å². The second-order valence-electron chi connectivity index (χ2n) is 12.1. The van der Waals surface area contributed by atoms with Crippen LogP contribution in [-0.4, -0.2) is 57.5 Å². The van der Waals surface area contributed by atoms with Crippen molar-refractivity contribution in [3.63, 3.8) is 0 Å². The number of carboxylic acids is 1. The Morgan fingerprint density at radius 2 is 1.84 bits per heavy atom. The highest BCUT2D eigenvalue weighted by Crippen LogP contribution is 2.34. The lowest BCUT2D eigenvalue weighted by molar-refractivity contribution is -0.140. The van der Waals surface area contributed by atoms with Crippen molar-refractivity contribution in [2.75, 3.05) is 19.6 Å². The first kappa shape index (κ1) is 26.4. The molecule has 3 unspecified atom stereocenters. The van der Waals surface area contributed by atoms with Crippen LogP contribution < -0.4 is 5.32 Å². The minimum atomic E-state index is -0.661. The number of likely N-dealkylation sites (tertiary alicyclic amines) is 1. The molecule has 3 atom stereocenters. The molecule has 3 aliphatic rings. The summed E-state index contributed by atoms with van der Waals surface area (Å²) in [7, 11) is 0. The molecular formula is C31H46N4O2. The van der Waals surface area contributed by atoms with Crippen LogP contribution in [0.1, 0.15) is 93.1 Å². The van der Waals surface area contributed by atoms with Crippen molar-refractivity contribution >= 4 is 5.97 Å². The highest BCUT2D eigenvalue weighted by Gasteiger charge is 2.33. The Labute approximate surface area is 222 Å². The Hall–Kier alpha value is -2.18. The topological polar surface area (TPSA) is 70.4 Å². The molecule has 0 radical (unpaired) electrons. The van der Waals surface area contributed by atoms with E-state index >= 15 is 0 Å². The van der Waals surface area contributed by atoms with Gasteiger partial charge in [0.1, 0.15) is 6.04 Å². The largest absolute Gasteiger partial charge is 0.480 e. The zero-order valence-electron chi connectivity index (χ0n) is 22.9. The van der Waals surface area contributed by atoms with Crippen molar-refractivity contribution in [3.8, 4) is 0 Å². The van der Waals surface area contributed by atoms with Gasteiger partial charge in [-0.05, 0) is 88.9 Å². The third-order valence-electron chi connectivity index (χ3n) is 9.26. The number of nitrogens with zero attached hydrogens (tertiary/aromatic N) is 3. The first-order valence-electron chi connectivity index (χ1n) is 14.8. The van der Waals surface area contributed by atoms with Crippen LogP contribution in [-0.2, 0) is 17.8 Å². The normalized spacial score (nSPS) is 24.3. The van der Waals surface area contributed by atoms with Crippen LogP contribution >= 0.6 is 0 Å². The van der Waals surface area contributed by atoms with Gasteiger partial charge >= 0.3 is 5.97 Å². The molecule has 1 aromatic carbocycles. The SMILES string of the molecule is CCn1nc(Cc2ccc(C)cc2)cc1C1CCN(CC2CCC(NC(CC3CCC3)C(=O)O)C2)CC1. The summed E-state index contributed by atoms with van der Waals surface area (Å²) in [5.41, 5.74) is 5.23. The van der Waals surface area contributed by atoms with E-state index in [-0.39, 0.29) is 6.04 Å². The van der Waals surface area contributed by atoms with E-state index in [0.717, 1.165) is 51.9 Å². The summed E-state index contributed by atoms with van der Waals surface area (Å²) in [6.07, 6.45) is 11.3. The van der Waals surface area contributed by atoms with Crippen molar-refractivity contribution in [3.05, 3.63) is 52.8 Å². The number of piperidine rings is 1. The molecule has 6 nitrogen and oxygen atoms in total. The van der Waals surface area contributed by atoms with Gasteiger partial charge in [0.15, 0.2) is 0 Å². The van der Waals surface area contributed by atoms with Gasteiger partial charge in [-0.3, -0.25) is 9.48 Å². The van der Waals surface area contributed by atoms with Gasteiger partial charge in [0.05, 0.1) is 5.69 Å². The molecule has 2 N–H and O–H groups in total. The first-order valence-corrected chi connectivity index (χ1v) is 14.8. The molecule has 2 heterocycles. The molecule has 0 amide bonds. The number of aromatic nitrogens is 2. The second-order valence-corrected chi connectivity index (χ2v) is 12.1. The van der Waals surface area contributed by atoms with Crippen molar-refractivity contribution in [2.24, 2.45) is 11.8 Å². The Kier molecular flexibility index (Phi) is 8.66. The summed E-state index contributed by atoms with van der Waals surface area (Å²) in [6, 6.07) is 11.2. The number of benzene rings is 1. The van der Waals surface area contributed by atoms with Gasteiger partial charge in [-0.1, -0.05) is 49.1 Å². The number of aliphatic carboxylic acids is 1.